The van der Waals surface area contributed by atoms with E-state index < -0.39 is 5.97 Å². The van der Waals surface area contributed by atoms with Crippen molar-refractivity contribution in [3.8, 4) is 0 Å². The van der Waals surface area contributed by atoms with E-state index in [4.69, 9.17) is 4.74 Å². The van der Waals surface area contributed by atoms with Crippen molar-refractivity contribution in [1.29, 1.82) is 0 Å². The molecule has 0 aliphatic rings. The summed E-state index contributed by atoms with van der Waals surface area (Å²) in [4.78, 5) is 15.4. The Morgan fingerprint density at radius 2 is 2.40 bits per heavy atom. The van der Waals surface area contributed by atoms with Gasteiger partial charge in [-0.05, 0) is 25.1 Å². The van der Waals surface area contributed by atoms with Crippen molar-refractivity contribution in [1.82, 2.24) is 4.98 Å². The van der Waals surface area contributed by atoms with Crippen molar-refractivity contribution >= 4 is 27.5 Å². The lowest BCUT2D eigenvalue weighted by Gasteiger charge is -1.94. The van der Waals surface area contributed by atoms with Gasteiger partial charge in [0.15, 0.2) is 0 Å². The van der Waals surface area contributed by atoms with Crippen LogP contribution < -0.4 is 0 Å². The van der Waals surface area contributed by atoms with Crippen LogP contribution in [0.1, 0.15) is 16.7 Å². The van der Waals surface area contributed by atoms with Crippen LogP contribution in [0.15, 0.2) is 18.2 Å². The monoisotopic (exact) mass is 225 g/mol. The minimum atomic E-state index is -0.459. The fraction of sp³-hybridized carbons (Fsp3) is 0.200. The molecule has 0 N–H and O–H groups in total. The Morgan fingerprint density at radius 1 is 1.60 bits per heavy atom. The fourth-order valence-corrected chi connectivity index (χ4v) is 2.06. The molecule has 0 saturated heterocycles. The van der Waals surface area contributed by atoms with Crippen LogP contribution in [0.25, 0.3) is 10.2 Å². The number of ether oxygens (including phenoxy) is 1. The molecular formula is C10H8FNO2S. The number of rotatable bonds is 2. The summed E-state index contributed by atoms with van der Waals surface area (Å²) in [7, 11) is 0. The number of fused-ring (bicyclic) bond motifs is 1. The zero-order chi connectivity index (χ0) is 10.8. The highest BCUT2D eigenvalue weighted by Gasteiger charge is 2.13. The largest absolute Gasteiger partial charge is 0.461 e. The molecule has 0 spiro atoms. The molecule has 0 saturated carbocycles. The molecular weight excluding hydrogens is 217 g/mol. The Hall–Kier alpha value is -1.49. The second-order valence-electron chi connectivity index (χ2n) is 2.85. The van der Waals surface area contributed by atoms with Gasteiger partial charge in [0.1, 0.15) is 5.82 Å². The first-order chi connectivity index (χ1) is 7.20. The molecule has 15 heavy (non-hydrogen) atoms. The van der Waals surface area contributed by atoms with Gasteiger partial charge in [-0.25, -0.2) is 14.2 Å². The Bertz CT molecular complexity index is 509. The van der Waals surface area contributed by atoms with Gasteiger partial charge in [-0.2, -0.15) is 0 Å². The number of carbonyl (C=O) groups excluding carboxylic acids is 1. The maximum Gasteiger partial charge on any atom is 0.367 e. The van der Waals surface area contributed by atoms with Gasteiger partial charge in [0.05, 0.1) is 16.8 Å². The van der Waals surface area contributed by atoms with E-state index in [2.05, 4.69) is 4.98 Å². The van der Waals surface area contributed by atoms with Crippen molar-refractivity contribution in [2.45, 2.75) is 6.92 Å². The average molecular weight is 225 g/mol. The number of thiazole rings is 1. The summed E-state index contributed by atoms with van der Waals surface area (Å²) < 4.78 is 18.3. The number of aromatic nitrogens is 1. The molecule has 3 nitrogen and oxygen atoms in total. The molecule has 78 valence electrons. The van der Waals surface area contributed by atoms with Crippen LogP contribution in [-0.2, 0) is 4.74 Å². The number of esters is 1. The number of hydrogen-bond acceptors (Lipinski definition) is 4. The fourth-order valence-electron chi connectivity index (χ4n) is 1.18. The third kappa shape index (κ3) is 1.97. The summed E-state index contributed by atoms with van der Waals surface area (Å²) in [5.74, 6) is -0.791. The first-order valence-corrected chi connectivity index (χ1v) is 5.25. The van der Waals surface area contributed by atoms with Crippen LogP contribution in [0, 0.1) is 5.82 Å². The third-order valence-corrected chi connectivity index (χ3v) is 2.80. The first-order valence-electron chi connectivity index (χ1n) is 4.44. The van der Waals surface area contributed by atoms with E-state index in [1.165, 1.54) is 12.1 Å². The van der Waals surface area contributed by atoms with Crippen molar-refractivity contribution in [3.63, 3.8) is 0 Å². The minimum absolute atomic E-state index is 0.262. The Labute approximate surface area is 89.5 Å². The van der Waals surface area contributed by atoms with Crippen molar-refractivity contribution in [2.24, 2.45) is 0 Å². The molecule has 0 atom stereocenters. The van der Waals surface area contributed by atoms with Gasteiger partial charge in [-0.3, -0.25) is 0 Å². The Balaban J connectivity index is 2.42. The molecule has 0 amide bonds. The highest BCUT2D eigenvalue weighted by Crippen LogP contribution is 2.23. The van der Waals surface area contributed by atoms with E-state index in [-0.39, 0.29) is 10.8 Å². The summed E-state index contributed by atoms with van der Waals surface area (Å²) in [5.41, 5.74) is 0.615. The quantitative estimate of drug-likeness (QED) is 0.737. The normalized spacial score (nSPS) is 10.5. The smallest absolute Gasteiger partial charge is 0.367 e. The van der Waals surface area contributed by atoms with Crippen LogP contribution in [0.5, 0.6) is 0 Å². The van der Waals surface area contributed by atoms with E-state index in [0.717, 1.165) is 11.3 Å². The van der Waals surface area contributed by atoms with Gasteiger partial charge in [0, 0.05) is 0 Å². The number of halogens is 1. The Kier molecular flexibility index (Phi) is 2.64. The van der Waals surface area contributed by atoms with E-state index in [9.17, 15) is 9.18 Å². The molecule has 0 unspecified atom stereocenters. The van der Waals surface area contributed by atoms with Crippen molar-refractivity contribution < 1.29 is 13.9 Å². The van der Waals surface area contributed by atoms with Gasteiger partial charge >= 0.3 is 5.97 Å². The summed E-state index contributed by atoms with van der Waals surface area (Å²) in [6, 6.07) is 4.22. The molecule has 0 aliphatic carbocycles. The number of carbonyl (C=O) groups is 1. The standard InChI is InChI=1S/C10H8FNO2S/c1-2-14-10(13)9-12-7-4-3-6(11)5-8(7)15-9/h3-5H,2H2,1H3. The maximum absolute atomic E-state index is 12.9. The SMILES string of the molecule is CCOC(=O)c1nc2ccc(F)cc2s1. The molecule has 5 heteroatoms. The third-order valence-electron chi connectivity index (χ3n) is 1.80. The predicted molar refractivity (Wildman–Crippen MR) is 55.5 cm³/mol. The molecule has 1 aromatic carbocycles. The van der Waals surface area contributed by atoms with Crippen molar-refractivity contribution in [3.05, 3.63) is 29.0 Å². The summed E-state index contributed by atoms with van der Waals surface area (Å²) in [6.07, 6.45) is 0. The van der Waals surface area contributed by atoms with Gasteiger partial charge in [-0.15, -0.1) is 11.3 Å². The van der Waals surface area contributed by atoms with Crippen LogP contribution in [-0.4, -0.2) is 17.6 Å². The van der Waals surface area contributed by atoms with Crippen LogP contribution in [0.4, 0.5) is 4.39 Å². The Morgan fingerprint density at radius 3 is 3.13 bits per heavy atom. The average Bonchev–Trinajstić information content (AvgIpc) is 2.60. The van der Waals surface area contributed by atoms with Gasteiger partial charge < -0.3 is 4.74 Å². The molecule has 1 heterocycles. The van der Waals surface area contributed by atoms with E-state index >= 15 is 0 Å². The minimum Gasteiger partial charge on any atom is -0.461 e. The van der Waals surface area contributed by atoms with E-state index in [1.54, 1.807) is 13.0 Å². The zero-order valence-corrected chi connectivity index (χ0v) is 8.81. The number of benzene rings is 1. The topological polar surface area (TPSA) is 39.2 Å². The highest BCUT2D eigenvalue weighted by atomic mass is 32.1. The highest BCUT2D eigenvalue weighted by molar-refractivity contribution is 7.20. The summed E-state index contributed by atoms with van der Waals surface area (Å²) in [6.45, 7) is 2.04. The van der Waals surface area contributed by atoms with Crippen LogP contribution in [0.2, 0.25) is 0 Å². The number of nitrogens with zero attached hydrogens (tertiary/aromatic N) is 1. The van der Waals surface area contributed by atoms with E-state index in [1.807, 2.05) is 0 Å². The molecule has 0 fully saturated rings. The molecule has 0 bridgehead atoms. The summed E-state index contributed by atoms with van der Waals surface area (Å²) in [5, 5.41) is 0.262. The van der Waals surface area contributed by atoms with Gasteiger partial charge in [0.2, 0.25) is 5.01 Å². The van der Waals surface area contributed by atoms with Crippen molar-refractivity contribution in [2.75, 3.05) is 6.61 Å². The summed E-state index contributed by atoms with van der Waals surface area (Å²) >= 11 is 1.13. The molecule has 2 rings (SSSR count). The maximum atomic E-state index is 12.9. The number of hydrogen-bond donors (Lipinski definition) is 0. The second kappa shape index (κ2) is 3.94. The zero-order valence-electron chi connectivity index (χ0n) is 7.99. The molecule has 0 radical (unpaired) electrons. The molecule has 1 aromatic heterocycles. The van der Waals surface area contributed by atoms with Crippen LogP contribution in [0.3, 0.4) is 0 Å². The molecule has 0 aliphatic heterocycles. The lowest BCUT2D eigenvalue weighted by molar-refractivity contribution is 0.0526. The lowest BCUT2D eigenvalue weighted by atomic mass is 10.3. The lowest BCUT2D eigenvalue weighted by Crippen LogP contribution is -2.03. The predicted octanol–water partition coefficient (Wildman–Crippen LogP) is 2.61. The first kappa shape index (κ1) is 10.0. The van der Waals surface area contributed by atoms with Crippen LogP contribution >= 0.6 is 11.3 Å². The molecule has 2 aromatic rings. The van der Waals surface area contributed by atoms with Gasteiger partial charge in [0.25, 0.3) is 0 Å². The second-order valence-corrected chi connectivity index (χ2v) is 3.88. The van der Waals surface area contributed by atoms with Gasteiger partial charge in [-0.1, -0.05) is 0 Å². The van der Waals surface area contributed by atoms with E-state index in [0.29, 0.717) is 16.8 Å².